The van der Waals surface area contributed by atoms with E-state index in [1.165, 1.54) is 0 Å². The summed E-state index contributed by atoms with van der Waals surface area (Å²) in [5.74, 6) is 7.15. The molecular weight excluding hydrogens is 444 g/mol. The lowest BCUT2D eigenvalue weighted by Gasteiger charge is -2.23. The minimum absolute atomic E-state index is 0.211. The van der Waals surface area contributed by atoms with Gasteiger partial charge in [0.25, 0.3) is 0 Å². The molecule has 4 nitrogen and oxygen atoms in total. The zero-order valence-corrected chi connectivity index (χ0v) is 20.2. The first-order valence-corrected chi connectivity index (χ1v) is 11.9. The van der Waals surface area contributed by atoms with E-state index in [-0.39, 0.29) is 12.6 Å². The summed E-state index contributed by atoms with van der Waals surface area (Å²) in [6, 6.07) is 17.8. The van der Waals surface area contributed by atoms with Gasteiger partial charge in [0, 0.05) is 40.5 Å². The van der Waals surface area contributed by atoms with Crippen molar-refractivity contribution in [1.29, 1.82) is 0 Å². The highest BCUT2D eigenvalue weighted by molar-refractivity contribution is 6.30. The van der Waals surface area contributed by atoms with Crippen LogP contribution in [0.4, 0.5) is 0 Å². The summed E-state index contributed by atoms with van der Waals surface area (Å²) >= 11 is 5.97. The van der Waals surface area contributed by atoms with Crippen LogP contribution < -0.4 is 4.74 Å². The van der Waals surface area contributed by atoms with Crippen LogP contribution in [-0.4, -0.2) is 47.3 Å². The molecule has 2 aromatic carbocycles. The molecule has 1 unspecified atom stereocenters. The van der Waals surface area contributed by atoms with Gasteiger partial charge in [-0.2, -0.15) is 0 Å². The predicted molar refractivity (Wildman–Crippen MR) is 139 cm³/mol. The molecule has 0 amide bonds. The fourth-order valence-corrected chi connectivity index (χ4v) is 4.28. The first kappa shape index (κ1) is 24.0. The van der Waals surface area contributed by atoms with E-state index in [9.17, 15) is 5.11 Å². The van der Waals surface area contributed by atoms with E-state index < -0.39 is 0 Å². The van der Waals surface area contributed by atoms with Crippen LogP contribution in [0.5, 0.6) is 5.75 Å². The highest BCUT2D eigenvalue weighted by Crippen LogP contribution is 2.27. The van der Waals surface area contributed by atoms with Crippen molar-refractivity contribution >= 4 is 17.2 Å². The first-order chi connectivity index (χ1) is 16.5. The molecule has 1 fully saturated rings. The molecule has 1 saturated heterocycles. The summed E-state index contributed by atoms with van der Waals surface area (Å²) in [4.78, 5) is 6.78. The largest absolute Gasteiger partial charge is 0.492 e. The Morgan fingerprint density at radius 3 is 2.65 bits per heavy atom. The number of halogens is 1. The molecular formula is C29H29ClN2O2. The van der Waals surface area contributed by atoms with Crippen LogP contribution in [0, 0.1) is 11.8 Å². The molecule has 5 heteroatoms. The Hall–Kier alpha value is -3.10. The lowest BCUT2D eigenvalue weighted by atomic mass is 10.0. The molecule has 174 valence electrons. The molecule has 4 rings (SSSR count). The topological polar surface area (TPSA) is 45.6 Å². The quantitative estimate of drug-likeness (QED) is 0.450. The lowest BCUT2D eigenvalue weighted by Crippen LogP contribution is -2.35. The molecule has 0 aliphatic carbocycles. The van der Waals surface area contributed by atoms with E-state index in [0.717, 1.165) is 59.5 Å². The molecule has 2 heterocycles. The monoisotopic (exact) mass is 472 g/mol. The smallest absolute Gasteiger partial charge is 0.126 e. The van der Waals surface area contributed by atoms with Gasteiger partial charge in [0.15, 0.2) is 0 Å². The van der Waals surface area contributed by atoms with Gasteiger partial charge in [0.2, 0.25) is 0 Å². The standard InChI is InChI=1S/C29H29ClN2O2/c1-21(2)28-18-22(6-14-29(28)34-17-16-32-15-3-4-27(32)20-33)5-12-26-13-9-24(19-31-26)23-7-10-25(30)11-8-23/h6-11,13-14,18-19,27,33H,1,3-4,15-17,20H2,2H3. The Morgan fingerprint density at radius 1 is 1.15 bits per heavy atom. The number of hydrogen-bond donors (Lipinski definition) is 1. The van der Waals surface area contributed by atoms with Crippen molar-refractivity contribution in [3.63, 3.8) is 0 Å². The average molecular weight is 473 g/mol. The minimum atomic E-state index is 0.211. The summed E-state index contributed by atoms with van der Waals surface area (Å²) in [6.07, 6.45) is 4.01. The number of nitrogens with zero attached hydrogens (tertiary/aromatic N) is 2. The van der Waals surface area contributed by atoms with E-state index in [4.69, 9.17) is 16.3 Å². The lowest BCUT2D eigenvalue weighted by molar-refractivity contribution is 0.139. The Kier molecular flexibility index (Phi) is 8.03. The minimum Gasteiger partial charge on any atom is -0.492 e. The van der Waals surface area contributed by atoms with Crippen molar-refractivity contribution in [2.24, 2.45) is 0 Å². The van der Waals surface area contributed by atoms with E-state index >= 15 is 0 Å². The van der Waals surface area contributed by atoms with Crippen LogP contribution >= 0.6 is 11.6 Å². The maximum absolute atomic E-state index is 9.49. The second-order valence-electron chi connectivity index (χ2n) is 8.54. The molecule has 0 saturated carbocycles. The number of aliphatic hydroxyl groups is 1. The maximum Gasteiger partial charge on any atom is 0.126 e. The molecule has 0 radical (unpaired) electrons. The molecule has 34 heavy (non-hydrogen) atoms. The molecule has 1 aliphatic rings. The number of likely N-dealkylation sites (tertiary alicyclic amines) is 1. The Labute approximate surface area is 206 Å². The van der Waals surface area contributed by atoms with Crippen molar-refractivity contribution in [2.45, 2.75) is 25.8 Å². The van der Waals surface area contributed by atoms with Crippen LogP contribution in [0.1, 0.15) is 36.6 Å². The summed E-state index contributed by atoms with van der Waals surface area (Å²) in [7, 11) is 0. The number of ether oxygens (including phenoxy) is 1. The van der Waals surface area contributed by atoms with E-state index in [1.807, 2.05) is 67.7 Å². The van der Waals surface area contributed by atoms with E-state index in [1.54, 1.807) is 0 Å². The summed E-state index contributed by atoms with van der Waals surface area (Å²) in [5.41, 5.74) is 5.56. The van der Waals surface area contributed by atoms with E-state index in [0.29, 0.717) is 17.3 Å². The number of allylic oxidation sites excluding steroid dienone is 1. The highest BCUT2D eigenvalue weighted by atomic mass is 35.5. The number of hydrogen-bond acceptors (Lipinski definition) is 4. The second kappa shape index (κ2) is 11.4. The summed E-state index contributed by atoms with van der Waals surface area (Å²) < 4.78 is 6.08. The SMILES string of the molecule is C=C(C)c1cc(C#Cc2ccc(-c3ccc(Cl)cc3)cn2)ccc1OCCN1CCCC1CO. The number of rotatable bonds is 7. The van der Waals surface area contributed by atoms with Crippen molar-refractivity contribution in [1.82, 2.24) is 9.88 Å². The number of aromatic nitrogens is 1. The van der Waals surface area contributed by atoms with Crippen molar-refractivity contribution in [3.8, 4) is 28.7 Å². The fraction of sp³-hybridized carbons (Fsp3) is 0.276. The van der Waals surface area contributed by atoms with Gasteiger partial charge >= 0.3 is 0 Å². The third-order valence-electron chi connectivity index (χ3n) is 6.06. The molecule has 0 bridgehead atoms. The van der Waals surface area contributed by atoms with Gasteiger partial charge in [-0.05, 0) is 79.8 Å². The number of benzene rings is 2. The van der Waals surface area contributed by atoms with Gasteiger partial charge in [-0.3, -0.25) is 4.90 Å². The van der Waals surface area contributed by atoms with Crippen molar-refractivity contribution in [2.75, 3.05) is 26.3 Å². The normalized spacial score (nSPS) is 15.6. The number of pyridine rings is 1. The van der Waals surface area contributed by atoms with Crippen LogP contribution in [0.2, 0.25) is 5.02 Å². The Bertz CT molecular complexity index is 1190. The average Bonchev–Trinajstić information content (AvgIpc) is 3.31. The molecule has 1 aromatic heterocycles. The third-order valence-corrected chi connectivity index (χ3v) is 6.31. The van der Waals surface area contributed by atoms with E-state index in [2.05, 4.69) is 28.3 Å². The first-order valence-electron chi connectivity index (χ1n) is 11.5. The van der Waals surface area contributed by atoms with Gasteiger partial charge in [0.05, 0.1) is 6.61 Å². The van der Waals surface area contributed by atoms with Crippen LogP contribution in [-0.2, 0) is 0 Å². The van der Waals surface area contributed by atoms with Gasteiger partial charge < -0.3 is 9.84 Å². The Morgan fingerprint density at radius 2 is 1.94 bits per heavy atom. The molecule has 1 aliphatic heterocycles. The molecule has 1 N–H and O–H groups in total. The van der Waals surface area contributed by atoms with Gasteiger partial charge in [-0.1, -0.05) is 42.3 Å². The maximum atomic E-state index is 9.49. The molecule has 0 spiro atoms. The van der Waals surface area contributed by atoms with Crippen LogP contribution in [0.15, 0.2) is 67.4 Å². The fourth-order valence-electron chi connectivity index (χ4n) is 4.15. The van der Waals surface area contributed by atoms with Crippen LogP contribution in [0.3, 0.4) is 0 Å². The summed E-state index contributed by atoms with van der Waals surface area (Å²) in [6.45, 7) is 8.69. The highest BCUT2D eigenvalue weighted by Gasteiger charge is 2.23. The molecule has 3 aromatic rings. The summed E-state index contributed by atoms with van der Waals surface area (Å²) in [5, 5.41) is 10.2. The van der Waals surface area contributed by atoms with Crippen molar-refractivity contribution in [3.05, 3.63) is 89.2 Å². The zero-order valence-electron chi connectivity index (χ0n) is 19.4. The second-order valence-corrected chi connectivity index (χ2v) is 8.98. The van der Waals surface area contributed by atoms with Gasteiger partial charge in [-0.25, -0.2) is 4.98 Å². The molecule has 1 atom stereocenters. The van der Waals surface area contributed by atoms with Gasteiger partial charge in [0.1, 0.15) is 18.1 Å². The van der Waals surface area contributed by atoms with Gasteiger partial charge in [-0.15, -0.1) is 0 Å². The van der Waals surface area contributed by atoms with Crippen LogP contribution in [0.25, 0.3) is 16.7 Å². The number of aliphatic hydroxyl groups excluding tert-OH is 1. The van der Waals surface area contributed by atoms with Crippen molar-refractivity contribution < 1.29 is 9.84 Å². The zero-order chi connectivity index (χ0) is 23.9. The Balaban J connectivity index is 1.42. The third kappa shape index (κ3) is 6.07. The predicted octanol–water partition coefficient (Wildman–Crippen LogP) is 5.67.